The van der Waals surface area contributed by atoms with E-state index >= 15 is 0 Å². The fourth-order valence-corrected chi connectivity index (χ4v) is 2.62. The molecule has 1 aromatic carbocycles. The summed E-state index contributed by atoms with van der Waals surface area (Å²) in [7, 11) is 0. The van der Waals surface area contributed by atoms with E-state index in [-0.39, 0.29) is 5.91 Å². The van der Waals surface area contributed by atoms with Crippen LogP contribution in [0.3, 0.4) is 0 Å². The first kappa shape index (κ1) is 13.2. The molecule has 0 radical (unpaired) electrons. The minimum Gasteiger partial charge on any atom is -0.352 e. The quantitative estimate of drug-likeness (QED) is 0.939. The summed E-state index contributed by atoms with van der Waals surface area (Å²) in [6.45, 7) is 2.48. The molecule has 0 fully saturated rings. The van der Waals surface area contributed by atoms with E-state index in [4.69, 9.17) is 0 Å². The zero-order valence-corrected chi connectivity index (χ0v) is 12.3. The Morgan fingerprint density at radius 2 is 2.33 bits per heavy atom. The highest BCUT2D eigenvalue weighted by Gasteiger charge is 2.06. The van der Waals surface area contributed by atoms with Gasteiger partial charge in [0.2, 0.25) is 5.91 Å². The fraction of sp³-hybridized carbons (Fsp3) is 0.231. The van der Waals surface area contributed by atoms with Crippen LogP contribution < -0.4 is 5.32 Å². The Hall–Kier alpha value is -1.20. The molecule has 1 amide bonds. The summed E-state index contributed by atoms with van der Waals surface area (Å²) in [4.78, 5) is 16.0. The smallest absolute Gasteiger partial charge is 0.226 e. The number of carbonyl (C=O) groups is 1. The Morgan fingerprint density at radius 1 is 1.50 bits per heavy atom. The van der Waals surface area contributed by atoms with Crippen LogP contribution in [0.5, 0.6) is 0 Å². The molecule has 0 spiro atoms. The Balaban J connectivity index is 1.85. The number of amides is 1. The molecule has 3 nitrogen and oxygen atoms in total. The molecular weight excluding hydrogens is 312 g/mol. The monoisotopic (exact) mass is 324 g/mol. The highest BCUT2D eigenvalue weighted by molar-refractivity contribution is 9.10. The Morgan fingerprint density at radius 3 is 3.00 bits per heavy atom. The van der Waals surface area contributed by atoms with Crippen LogP contribution in [0.1, 0.15) is 16.3 Å². The summed E-state index contributed by atoms with van der Waals surface area (Å²) in [6, 6.07) is 7.89. The lowest BCUT2D eigenvalue weighted by molar-refractivity contribution is -0.120. The lowest BCUT2D eigenvalue weighted by atomic mass is 10.2. The van der Waals surface area contributed by atoms with Gasteiger partial charge in [-0.3, -0.25) is 4.79 Å². The minimum absolute atomic E-state index is 0.000255. The topological polar surface area (TPSA) is 42.0 Å². The average Bonchev–Trinajstić information content (AvgIpc) is 2.72. The molecular formula is C13H13BrN2OS. The van der Waals surface area contributed by atoms with Crippen molar-refractivity contribution in [1.29, 1.82) is 0 Å². The maximum Gasteiger partial charge on any atom is 0.226 e. The normalized spacial score (nSPS) is 10.3. The van der Waals surface area contributed by atoms with Crippen LogP contribution in [0.2, 0.25) is 0 Å². The third-order valence-corrected chi connectivity index (χ3v) is 3.70. The summed E-state index contributed by atoms with van der Waals surface area (Å²) < 4.78 is 1.02. The first-order valence-corrected chi connectivity index (χ1v) is 7.23. The number of halogens is 1. The van der Waals surface area contributed by atoms with Gasteiger partial charge in [-0.1, -0.05) is 28.1 Å². The third-order valence-electron chi connectivity index (χ3n) is 2.39. The van der Waals surface area contributed by atoms with Gasteiger partial charge in [0.05, 0.1) is 17.1 Å². The lowest BCUT2D eigenvalue weighted by Crippen LogP contribution is -2.24. The third kappa shape index (κ3) is 3.92. The van der Waals surface area contributed by atoms with Gasteiger partial charge in [-0.15, -0.1) is 11.3 Å². The Labute approximate surface area is 118 Å². The van der Waals surface area contributed by atoms with Gasteiger partial charge in [0, 0.05) is 16.4 Å². The summed E-state index contributed by atoms with van der Waals surface area (Å²) >= 11 is 4.97. The number of aromatic nitrogens is 1. The van der Waals surface area contributed by atoms with Gasteiger partial charge in [-0.2, -0.15) is 0 Å². The predicted octanol–water partition coefficient (Wildman–Crippen LogP) is 3.07. The summed E-state index contributed by atoms with van der Waals surface area (Å²) in [6.07, 6.45) is 0.346. The Bertz CT molecular complexity index is 553. The molecule has 0 saturated carbocycles. The molecule has 1 heterocycles. The van der Waals surface area contributed by atoms with Crippen LogP contribution in [0.4, 0.5) is 0 Å². The maximum absolute atomic E-state index is 11.7. The molecule has 94 valence electrons. The van der Waals surface area contributed by atoms with Crippen molar-refractivity contribution >= 4 is 33.2 Å². The second kappa shape index (κ2) is 6.11. The molecule has 0 bridgehead atoms. The number of nitrogens with one attached hydrogen (secondary N) is 1. The Kier molecular flexibility index (Phi) is 4.49. The van der Waals surface area contributed by atoms with Crippen LogP contribution in [0.15, 0.2) is 34.1 Å². The van der Waals surface area contributed by atoms with Crippen LogP contribution >= 0.6 is 27.3 Å². The van der Waals surface area contributed by atoms with E-state index in [0.717, 1.165) is 20.7 Å². The molecule has 2 aromatic rings. The van der Waals surface area contributed by atoms with Crippen LogP contribution in [-0.4, -0.2) is 10.9 Å². The number of thiazole rings is 1. The second-order valence-corrected chi connectivity index (χ2v) is 5.92. The number of hydrogen-bond donors (Lipinski definition) is 1. The van der Waals surface area contributed by atoms with Crippen molar-refractivity contribution in [2.24, 2.45) is 0 Å². The van der Waals surface area contributed by atoms with Gasteiger partial charge >= 0.3 is 0 Å². The van der Waals surface area contributed by atoms with Gasteiger partial charge in [0.1, 0.15) is 0 Å². The molecule has 0 unspecified atom stereocenters. The maximum atomic E-state index is 11.7. The molecule has 0 atom stereocenters. The first-order chi connectivity index (χ1) is 8.63. The summed E-state index contributed by atoms with van der Waals surface area (Å²) in [5.41, 5.74) is 1.91. The number of nitrogens with zero attached hydrogens (tertiary/aromatic N) is 1. The van der Waals surface area contributed by atoms with E-state index in [2.05, 4.69) is 26.2 Å². The van der Waals surface area contributed by atoms with E-state index in [1.54, 1.807) is 11.3 Å². The number of benzene rings is 1. The van der Waals surface area contributed by atoms with E-state index in [1.807, 2.05) is 36.6 Å². The molecule has 0 aliphatic heterocycles. The van der Waals surface area contributed by atoms with Crippen molar-refractivity contribution in [3.05, 3.63) is 50.4 Å². The molecule has 0 aliphatic rings. The molecule has 18 heavy (non-hydrogen) atoms. The number of rotatable bonds is 4. The standard InChI is InChI=1S/C13H13BrN2OS/c1-9-16-12(8-18-9)6-13(17)15-7-10-3-2-4-11(14)5-10/h2-5,8H,6-7H2,1H3,(H,15,17). The van der Waals surface area contributed by atoms with E-state index in [0.29, 0.717) is 13.0 Å². The zero-order valence-electron chi connectivity index (χ0n) is 9.94. The lowest BCUT2D eigenvalue weighted by Gasteiger charge is -2.04. The highest BCUT2D eigenvalue weighted by atomic mass is 79.9. The molecule has 1 aromatic heterocycles. The van der Waals surface area contributed by atoms with E-state index in [9.17, 15) is 4.79 Å². The van der Waals surface area contributed by atoms with Gasteiger partial charge in [0.15, 0.2) is 0 Å². The zero-order chi connectivity index (χ0) is 13.0. The van der Waals surface area contributed by atoms with Gasteiger partial charge in [0.25, 0.3) is 0 Å². The molecule has 0 saturated heterocycles. The van der Waals surface area contributed by atoms with Crippen molar-refractivity contribution in [3.63, 3.8) is 0 Å². The fourth-order valence-electron chi connectivity index (χ4n) is 1.56. The van der Waals surface area contributed by atoms with E-state index in [1.165, 1.54) is 0 Å². The summed E-state index contributed by atoms with van der Waals surface area (Å²) in [5, 5.41) is 5.80. The number of hydrogen-bond acceptors (Lipinski definition) is 3. The van der Waals surface area contributed by atoms with Crippen LogP contribution in [0, 0.1) is 6.92 Å². The SMILES string of the molecule is Cc1nc(CC(=O)NCc2cccc(Br)c2)cs1. The van der Waals surface area contributed by atoms with Crippen LogP contribution in [0.25, 0.3) is 0 Å². The number of aryl methyl sites for hydroxylation is 1. The molecule has 5 heteroatoms. The second-order valence-electron chi connectivity index (χ2n) is 3.94. The van der Waals surface area contributed by atoms with E-state index < -0.39 is 0 Å². The highest BCUT2D eigenvalue weighted by Crippen LogP contribution is 2.11. The van der Waals surface area contributed by atoms with Gasteiger partial charge < -0.3 is 5.32 Å². The first-order valence-electron chi connectivity index (χ1n) is 5.55. The van der Waals surface area contributed by atoms with Crippen molar-refractivity contribution in [2.45, 2.75) is 19.9 Å². The van der Waals surface area contributed by atoms with Crippen molar-refractivity contribution < 1.29 is 4.79 Å². The van der Waals surface area contributed by atoms with Crippen molar-refractivity contribution in [1.82, 2.24) is 10.3 Å². The largest absolute Gasteiger partial charge is 0.352 e. The summed E-state index contributed by atoms with van der Waals surface area (Å²) in [5.74, 6) is 0.000255. The molecule has 1 N–H and O–H groups in total. The van der Waals surface area contributed by atoms with Crippen molar-refractivity contribution in [2.75, 3.05) is 0 Å². The van der Waals surface area contributed by atoms with Crippen LogP contribution in [-0.2, 0) is 17.8 Å². The van der Waals surface area contributed by atoms with Crippen molar-refractivity contribution in [3.8, 4) is 0 Å². The van der Waals surface area contributed by atoms with Gasteiger partial charge in [-0.25, -0.2) is 4.98 Å². The minimum atomic E-state index is 0.000255. The molecule has 0 aliphatic carbocycles. The predicted molar refractivity (Wildman–Crippen MR) is 76.5 cm³/mol. The van der Waals surface area contributed by atoms with Gasteiger partial charge in [-0.05, 0) is 24.6 Å². The average molecular weight is 325 g/mol. The molecule has 2 rings (SSSR count). The number of carbonyl (C=O) groups excluding carboxylic acids is 1.